The Balaban J connectivity index is 2.47. The lowest BCUT2D eigenvalue weighted by atomic mass is 10.2. The number of thioether (sulfide) groups is 1. The van der Waals surface area contributed by atoms with E-state index in [1.54, 1.807) is 30.3 Å². The van der Waals surface area contributed by atoms with Crippen LogP contribution >= 0.6 is 11.8 Å². The fourth-order valence-corrected chi connectivity index (χ4v) is 2.19. The third-order valence-corrected chi connectivity index (χ3v) is 3.49. The average molecular weight is 353 g/mol. The molecule has 1 aromatic rings. The van der Waals surface area contributed by atoms with Gasteiger partial charge in [-0.05, 0) is 30.6 Å². The zero-order chi connectivity index (χ0) is 17.9. The van der Waals surface area contributed by atoms with Gasteiger partial charge in [-0.25, -0.2) is 9.59 Å². The molecule has 0 radical (unpaired) electrons. The van der Waals surface area contributed by atoms with E-state index < -0.39 is 36.5 Å². The molecular formula is C15H19N3O5S. The summed E-state index contributed by atoms with van der Waals surface area (Å²) in [4.78, 5) is 46.2. The Morgan fingerprint density at radius 3 is 2.46 bits per heavy atom. The Labute approximate surface area is 143 Å². The summed E-state index contributed by atoms with van der Waals surface area (Å²) in [6.07, 6.45) is 2.16. The molecule has 0 aliphatic carbocycles. The van der Waals surface area contributed by atoms with Gasteiger partial charge in [0.15, 0.2) is 6.61 Å². The summed E-state index contributed by atoms with van der Waals surface area (Å²) in [5, 5.41) is 4.36. The van der Waals surface area contributed by atoms with Crippen LogP contribution in [0, 0.1) is 0 Å². The fraction of sp³-hybridized carbons (Fsp3) is 0.333. The molecule has 0 fully saturated rings. The van der Waals surface area contributed by atoms with Crippen molar-refractivity contribution in [2.75, 3.05) is 18.6 Å². The van der Waals surface area contributed by atoms with Crippen molar-refractivity contribution >= 4 is 35.6 Å². The highest BCUT2D eigenvalue weighted by atomic mass is 32.2. The van der Waals surface area contributed by atoms with Gasteiger partial charge in [0, 0.05) is 5.56 Å². The zero-order valence-electron chi connectivity index (χ0n) is 13.1. The first-order valence-corrected chi connectivity index (χ1v) is 8.44. The minimum Gasteiger partial charge on any atom is -0.454 e. The number of ether oxygens (including phenoxy) is 1. The molecule has 130 valence electrons. The van der Waals surface area contributed by atoms with Gasteiger partial charge in [-0.3, -0.25) is 14.9 Å². The maximum absolute atomic E-state index is 11.9. The van der Waals surface area contributed by atoms with Crippen LogP contribution in [0.4, 0.5) is 4.79 Å². The van der Waals surface area contributed by atoms with Gasteiger partial charge in [-0.1, -0.05) is 18.2 Å². The molecule has 4 amide bonds. The second-order valence-corrected chi connectivity index (χ2v) is 5.68. The molecule has 0 saturated heterocycles. The molecule has 1 rings (SSSR count). The lowest BCUT2D eigenvalue weighted by Crippen LogP contribution is -2.45. The summed E-state index contributed by atoms with van der Waals surface area (Å²) >= 11 is 1.48. The van der Waals surface area contributed by atoms with E-state index in [-0.39, 0.29) is 0 Å². The van der Waals surface area contributed by atoms with Gasteiger partial charge in [-0.15, -0.1) is 0 Å². The monoisotopic (exact) mass is 353 g/mol. The Bertz CT molecular complexity index is 594. The summed E-state index contributed by atoms with van der Waals surface area (Å²) in [6, 6.07) is 6.35. The van der Waals surface area contributed by atoms with Gasteiger partial charge in [-0.2, -0.15) is 11.8 Å². The molecule has 0 saturated carbocycles. The molecule has 0 spiro atoms. The second kappa shape index (κ2) is 10.3. The van der Waals surface area contributed by atoms with Crippen LogP contribution < -0.4 is 16.4 Å². The maximum atomic E-state index is 11.9. The highest BCUT2D eigenvalue weighted by molar-refractivity contribution is 7.98. The Kier molecular flexibility index (Phi) is 8.34. The minimum absolute atomic E-state index is 0.311. The molecule has 0 aliphatic rings. The first-order chi connectivity index (χ1) is 11.4. The smallest absolute Gasteiger partial charge is 0.329 e. The number of amides is 4. The number of imide groups is 1. The number of esters is 1. The van der Waals surface area contributed by atoms with Crippen molar-refractivity contribution in [2.45, 2.75) is 12.5 Å². The molecule has 4 N–H and O–H groups in total. The van der Waals surface area contributed by atoms with E-state index >= 15 is 0 Å². The number of hydrogen-bond acceptors (Lipinski definition) is 6. The lowest BCUT2D eigenvalue weighted by Gasteiger charge is -2.15. The topological polar surface area (TPSA) is 128 Å². The van der Waals surface area contributed by atoms with Gasteiger partial charge in [0.1, 0.15) is 6.04 Å². The van der Waals surface area contributed by atoms with Crippen molar-refractivity contribution in [3.05, 3.63) is 35.9 Å². The molecule has 0 aliphatic heterocycles. The number of primary amides is 1. The molecule has 0 unspecified atom stereocenters. The van der Waals surface area contributed by atoms with Crippen LogP contribution in [0.3, 0.4) is 0 Å². The number of nitrogens with two attached hydrogens (primary N) is 1. The van der Waals surface area contributed by atoms with Crippen LogP contribution in [0.15, 0.2) is 30.3 Å². The molecule has 24 heavy (non-hydrogen) atoms. The first-order valence-electron chi connectivity index (χ1n) is 7.04. The second-order valence-electron chi connectivity index (χ2n) is 4.69. The van der Waals surface area contributed by atoms with Gasteiger partial charge < -0.3 is 15.8 Å². The molecule has 1 atom stereocenters. The number of hydrogen-bond donors (Lipinski definition) is 3. The van der Waals surface area contributed by atoms with Crippen molar-refractivity contribution in [1.29, 1.82) is 0 Å². The SMILES string of the molecule is CSCC[C@H](NC(N)=O)C(=O)OCC(=O)NC(=O)c1ccccc1. The number of carbonyl (C=O) groups is 4. The van der Waals surface area contributed by atoms with Crippen molar-refractivity contribution in [3.63, 3.8) is 0 Å². The van der Waals surface area contributed by atoms with Crippen LogP contribution in [0.2, 0.25) is 0 Å². The van der Waals surface area contributed by atoms with Crippen LogP contribution in [0.1, 0.15) is 16.8 Å². The third-order valence-electron chi connectivity index (χ3n) is 2.85. The van der Waals surface area contributed by atoms with Gasteiger partial charge in [0.2, 0.25) is 0 Å². The van der Waals surface area contributed by atoms with Crippen molar-refractivity contribution in [2.24, 2.45) is 5.73 Å². The van der Waals surface area contributed by atoms with Gasteiger partial charge in [0.25, 0.3) is 11.8 Å². The average Bonchev–Trinajstić information content (AvgIpc) is 2.56. The van der Waals surface area contributed by atoms with Crippen LogP contribution in [-0.2, 0) is 14.3 Å². The van der Waals surface area contributed by atoms with E-state index in [4.69, 9.17) is 10.5 Å². The minimum atomic E-state index is -0.937. The van der Waals surface area contributed by atoms with E-state index in [0.29, 0.717) is 17.7 Å². The van der Waals surface area contributed by atoms with Crippen molar-refractivity contribution < 1.29 is 23.9 Å². The highest BCUT2D eigenvalue weighted by Crippen LogP contribution is 2.03. The van der Waals surface area contributed by atoms with E-state index in [2.05, 4.69) is 10.6 Å². The molecule has 1 aromatic carbocycles. The van der Waals surface area contributed by atoms with Gasteiger partial charge in [0.05, 0.1) is 0 Å². The van der Waals surface area contributed by atoms with Crippen molar-refractivity contribution in [1.82, 2.24) is 10.6 Å². The predicted octanol–water partition coefficient (Wildman–Crippen LogP) is 0.276. The lowest BCUT2D eigenvalue weighted by molar-refractivity contribution is -0.150. The van der Waals surface area contributed by atoms with E-state index in [0.717, 1.165) is 0 Å². The molecule has 0 bridgehead atoms. The van der Waals surface area contributed by atoms with Crippen LogP contribution in [0.25, 0.3) is 0 Å². The summed E-state index contributed by atoms with van der Waals surface area (Å²) < 4.78 is 4.82. The number of nitrogens with one attached hydrogen (secondary N) is 2. The number of urea groups is 1. The van der Waals surface area contributed by atoms with Crippen LogP contribution in [0.5, 0.6) is 0 Å². The summed E-state index contributed by atoms with van der Waals surface area (Å²) in [5.74, 6) is -1.55. The number of rotatable bonds is 8. The molecular weight excluding hydrogens is 334 g/mol. The molecule has 8 nitrogen and oxygen atoms in total. The normalized spacial score (nSPS) is 11.2. The first kappa shape index (κ1) is 19.5. The van der Waals surface area contributed by atoms with E-state index in [1.807, 2.05) is 6.26 Å². The Morgan fingerprint density at radius 1 is 1.21 bits per heavy atom. The van der Waals surface area contributed by atoms with Crippen molar-refractivity contribution in [3.8, 4) is 0 Å². The van der Waals surface area contributed by atoms with E-state index in [1.165, 1.54) is 11.8 Å². The number of carbonyl (C=O) groups excluding carboxylic acids is 4. The molecule has 0 aromatic heterocycles. The quantitative estimate of drug-likeness (QED) is 0.576. The largest absolute Gasteiger partial charge is 0.454 e. The third kappa shape index (κ3) is 7.14. The summed E-state index contributed by atoms with van der Waals surface area (Å²) in [7, 11) is 0. The maximum Gasteiger partial charge on any atom is 0.329 e. The number of benzene rings is 1. The zero-order valence-corrected chi connectivity index (χ0v) is 13.9. The summed E-state index contributed by atoms with van der Waals surface area (Å²) in [6.45, 7) is -0.631. The van der Waals surface area contributed by atoms with Crippen LogP contribution in [-0.4, -0.2) is 48.5 Å². The Morgan fingerprint density at radius 2 is 1.88 bits per heavy atom. The van der Waals surface area contributed by atoms with Gasteiger partial charge >= 0.3 is 12.0 Å². The van der Waals surface area contributed by atoms with E-state index in [9.17, 15) is 19.2 Å². The highest BCUT2D eigenvalue weighted by Gasteiger charge is 2.22. The fourth-order valence-electron chi connectivity index (χ4n) is 1.72. The molecule has 9 heteroatoms. The standard InChI is InChI=1S/C15H19N3O5S/c1-24-8-7-11(17-15(16)22)14(21)23-9-12(19)18-13(20)10-5-3-2-4-6-10/h2-6,11H,7-9H2,1H3,(H3,16,17,22)(H,18,19,20)/t11-/m0/s1. The Hall–Kier alpha value is -2.55. The molecule has 0 heterocycles. The summed E-state index contributed by atoms with van der Waals surface area (Å²) in [5.41, 5.74) is 5.31. The predicted molar refractivity (Wildman–Crippen MR) is 89.4 cm³/mol.